The summed E-state index contributed by atoms with van der Waals surface area (Å²) in [5.41, 5.74) is 2.01. The number of thioether (sulfide) groups is 1. The number of fused-ring (bicyclic) bond motifs is 1. The van der Waals surface area contributed by atoms with E-state index in [0.717, 1.165) is 40.5 Å². The molecular formula is C14H18Cl2N2S. The molecule has 2 aromatic rings. The molecule has 19 heavy (non-hydrogen) atoms. The van der Waals surface area contributed by atoms with Crippen LogP contribution in [0.15, 0.2) is 18.2 Å². The van der Waals surface area contributed by atoms with Crippen LogP contribution in [0.3, 0.4) is 0 Å². The van der Waals surface area contributed by atoms with E-state index in [-0.39, 0.29) is 0 Å². The van der Waals surface area contributed by atoms with Gasteiger partial charge in [0.15, 0.2) is 0 Å². The number of halogens is 2. The second-order valence-corrected chi connectivity index (χ2v) is 6.16. The van der Waals surface area contributed by atoms with Gasteiger partial charge in [-0.15, -0.1) is 11.6 Å². The first kappa shape index (κ1) is 15.0. The van der Waals surface area contributed by atoms with Crippen molar-refractivity contribution in [1.82, 2.24) is 9.55 Å². The number of aryl methyl sites for hydroxylation is 1. The van der Waals surface area contributed by atoms with Crippen LogP contribution >= 0.6 is 35.0 Å². The van der Waals surface area contributed by atoms with Crippen molar-refractivity contribution in [3.63, 3.8) is 0 Å². The fraction of sp³-hybridized carbons (Fsp3) is 0.500. The maximum absolute atomic E-state index is 6.38. The van der Waals surface area contributed by atoms with E-state index in [4.69, 9.17) is 28.2 Å². The summed E-state index contributed by atoms with van der Waals surface area (Å²) in [4.78, 5) is 4.70. The van der Waals surface area contributed by atoms with Crippen molar-refractivity contribution in [1.29, 1.82) is 0 Å². The molecule has 0 spiro atoms. The van der Waals surface area contributed by atoms with Gasteiger partial charge in [0.25, 0.3) is 0 Å². The molecule has 0 amide bonds. The number of aromatic nitrogens is 2. The fourth-order valence-electron chi connectivity index (χ4n) is 2.38. The van der Waals surface area contributed by atoms with Crippen molar-refractivity contribution in [3.8, 4) is 0 Å². The Balaban J connectivity index is 2.62. The first-order valence-corrected chi connectivity index (χ1v) is 8.73. The summed E-state index contributed by atoms with van der Waals surface area (Å²) < 4.78 is 2.29. The number of hydrogen-bond donors (Lipinski definition) is 0. The Kier molecular flexibility index (Phi) is 5.43. The number of alkyl halides is 1. The summed E-state index contributed by atoms with van der Waals surface area (Å²) in [6.07, 6.45) is 3.97. The molecular weight excluding hydrogens is 299 g/mol. The third-order valence-corrected chi connectivity index (χ3v) is 4.46. The summed E-state index contributed by atoms with van der Waals surface area (Å²) in [6.45, 7) is 2.20. The van der Waals surface area contributed by atoms with Crippen molar-refractivity contribution in [2.75, 3.05) is 17.9 Å². The van der Waals surface area contributed by atoms with E-state index in [1.165, 1.54) is 0 Å². The molecule has 0 saturated heterocycles. The quantitative estimate of drug-likeness (QED) is 0.713. The number of nitrogens with zero attached hydrogens (tertiary/aromatic N) is 2. The van der Waals surface area contributed by atoms with E-state index >= 15 is 0 Å². The molecule has 0 aliphatic carbocycles. The minimum Gasteiger partial charge on any atom is -0.323 e. The van der Waals surface area contributed by atoms with Gasteiger partial charge in [-0.1, -0.05) is 24.6 Å². The van der Waals surface area contributed by atoms with Crippen molar-refractivity contribution in [2.45, 2.75) is 25.8 Å². The predicted molar refractivity (Wildman–Crippen MR) is 86.9 cm³/mol. The van der Waals surface area contributed by atoms with Gasteiger partial charge in [0.2, 0.25) is 0 Å². The highest BCUT2D eigenvalue weighted by atomic mass is 35.5. The van der Waals surface area contributed by atoms with Crippen LogP contribution in [-0.4, -0.2) is 27.4 Å². The molecule has 0 radical (unpaired) electrons. The van der Waals surface area contributed by atoms with Gasteiger partial charge >= 0.3 is 0 Å². The molecule has 5 heteroatoms. The minimum atomic E-state index is 0.415. The number of para-hydroxylation sites is 1. The lowest BCUT2D eigenvalue weighted by Gasteiger charge is -2.19. The Labute approximate surface area is 128 Å². The lowest BCUT2D eigenvalue weighted by atomic mass is 10.2. The number of benzene rings is 1. The molecule has 104 valence electrons. The van der Waals surface area contributed by atoms with Crippen LogP contribution in [0, 0.1) is 0 Å². The molecule has 1 aromatic heterocycles. The third kappa shape index (κ3) is 3.04. The molecule has 1 heterocycles. The smallest absolute Gasteiger partial charge is 0.111 e. The monoisotopic (exact) mass is 316 g/mol. The second kappa shape index (κ2) is 6.87. The Hall–Kier alpha value is -0.380. The van der Waals surface area contributed by atoms with Crippen LogP contribution < -0.4 is 0 Å². The standard InChI is InChI=1S/C14H18Cl2N2S/c1-3-10(9-19-2)18-13(7-8-15)17-12-6-4-5-11(16)14(12)18/h4-6,10H,3,7-9H2,1-2H3. The zero-order chi connectivity index (χ0) is 13.8. The topological polar surface area (TPSA) is 17.8 Å². The fourth-order valence-corrected chi connectivity index (χ4v) is 3.58. The molecule has 0 N–H and O–H groups in total. The molecule has 2 nitrogen and oxygen atoms in total. The molecule has 1 atom stereocenters. The SMILES string of the molecule is CCC(CSC)n1c(CCCl)nc2cccc(Cl)c21. The normalized spacial score (nSPS) is 13.1. The van der Waals surface area contributed by atoms with Crippen LogP contribution in [0.2, 0.25) is 5.02 Å². The van der Waals surface area contributed by atoms with Gasteiger partial charge in [0.1, 0.15) is 5.82 Å². The summed E-state index contributed by atoms with van der Waals surface area (Å²) in [6, 6.07) is 6.31. The van der Waals surface area contributed by atoms with E-state index in [1.807, 2.05) is 30.0 Å². The molecule has 1 aromatic carbocycles. The minimum absolute atomic E-state index is 0.415. The Bertz CT molecular complexity index is 554. The molecule has 2 rings (SSSR count). The van der Waals surface area contributed by atoms with Crippen LogP contribution in [-0.2, 0) is 6.42 Å². The van der Waals surface area contributed by atoms with E-state index in [9.17, 15) is 0 Å². The predicted octanol–water partition coefficient (Wildman–Crippen LogP) is 4.79. The molecule has 1 unspecified atom stereocenters. The van der Waals surface area contributed by atoms with Crippen LogP contribution in [0.4, 0.5) is 0 Å². The molecule has 0 aliphatic heterocycles. The maximum atomic E-state index is 6.38. The van der Waals surface area contributed by atoms with Crippen LogP contribution in [0.5, 0.6) is 0 Å². The van der Waals surface area contributed by atoms with Crippen molar-refractivity contribution < 1.29 is 0 Å². The summed E-state index contributed by atoms with van der Waals surface area (Å²) >= 11 is 14.1. The number of imidazole rings is 1. The van der Waals surface area contributed by atoms with Gasteiger partial charge in [-0.2, -0.15) is 11.8 Å². The van der Waals surface area contributed by atoms with Gasteiger partial charge in [-0.05, 0) is 24.8 Å². The van der Waals surface area contributed by atoms with E-state index < -0.39 is 0 Å². The van der Waals surface area contributed by atoms with Gasteiger partial charge in [-0.25, -0.2) is 4.98 Å². The van der Waals surface area contributed by atoms with E-state index in [2.05, 4.69) is 17.7 Å². The summed E-state index contributed by atoms with van der Waals surface area (Å²) in [7, 11) is 0. The summed E-state index contributed by atoms with van der Waals surface area (Å²) in [5, 5.41) is 0.769. The van der Waals surface area contributed by atoms with Gasteiger partial charge in [-0.3, -0.25) is 0 Å². The summed E-state index contributed by atoms with van der Waals surface area (Å²) in [5.74, 6) is 2.68. The zero-order valence-corrected chi connectivity index (χ0v) is 13.5. The zero-order valence-electron chi connectivity index (χ0n) is 11.2. The first-order chi connectivity index (χ1) is 9.22. The lowest BCUT2D eigenvalue weighted by Crippen LogP contribution is -2.14. The lowest BCUT2D eigenvalue weighted by molar-refractivity contribution is 0.533. The first-order valence-electron chi connectivity index (χ1n) is 6.43. The Morgan fingerprint density at radius 2 is 2.21 bits per heavy atom. The van der Waals surface area contributed by atoms with Gasteiger partial charge in [0.05, 0.1) is 16.1 Å². The molecule has 0 saturated carbocycles. The molecule has 0 bridgehead atoms. The molecule has 0 fully saturated rings. The average Bonchev–Trinajstić information content (AvgIpc) is 2.76. The highest BCUT2D eigenvalue weighted by molar-refractivity contribution is 7.98. The number of hydrogen-bond acceptors (Lipinski definition) is 2. The maximum Gasteiger partial charge on any atom is 0.111 e. The second-order valence-electron chi connectivity index (χ2n) is 4.46. The van der Waals surface area contributed by atoms with Crippen molar-refractivity contribution >= 4 is 46.0 Å². The largest absolute Gasteiger partial charge is 0.323 e. The van der Waals surface area contributed by atoms with E-state index in [0.29, 0.717) is 11.9 Å². The number of rotatable bonds is 6. The van der Waals surface area contributed by atoms with Crippen molar-refractivity contribution in [3.05, 3.63) is 29.0 Å². The van der Waals surface area contributed by atoms with Crippen LogP contribution in [0.1, 0.15) is 25.2 Å². The highest BCUT2D eigenvalue weighted by Gasteiger charge is 2.19. The Morgan fingerprint density at radius 1 is 1.42 bits per heavy atom. The van der Waals surface area contributed by atoms with E-state index in [1.54, 1.807) is 0 Å². The Morgan fingerprint density at radius 3 is 2.84 bits per heavy atom. The highest BCUT2D eigenvalue weighted by Crippen LogP contribution is 2.30. The third-order valence-electron chi connectivity index (χ3n) is 3.25. The van der Waals surface area contributed by atoms with Crippen LogP contribution in [0.25, 0.3) is 11.0 Å². The van der Waals surface area contributed by atoms with Gasteiger partial charge < -0.3 is 4.57 Å². The van der Waals surface area contributed by atoms with Crippen molar-refractivity contribution in [2.24, 2.45) is 0 Å². The average molecular weight is 317 g/mol. The molecule has 0 aliphatic rings. The van der Waals surface area contributed by atoms with Gasteiger partial charge in [0, 0.05) is 24.1 Å².